The Morgan fingerprint density at radius 1 is 1.21 bits per heavy atom. The quantitative estimate of drug-likeness (QED) is 0.764. The van der Waals surface area contributed by atoms with E-state index in [-0.39, 0.29) is 5.82 Å². The summed E-state index contributed by atoms with van der Waals surface area (Å²) in [7, 11) is 0. The Morgan fingerprint density at radius 3 is 2.95 bits per heavy atom. The Labute approximate surface area is 113 Å². The summed E-state index contributed by atoms with van der Waals surface area (Å²) in [5, 5.41) is 0. The number of para-hydroxylation sites is 1. The number of anilines is 1. The van der Waals surface area contributed by atoms with Crippen molar-refractivity contribution in [3.8, 4) is 0 Å². The van der Waals surface area contributed by atoms with Crippen molar-refractivity contribution in [1.29, 1.82) is 0 Å². The van der Waals surface area contributed by atoms with Crippen molar-refractivity contribution >= 4 is 12.0 Å². The van der Waals surface area contributed by atoms with E-state index in [0.29, 0.717) is 17.3 Å². The van der Waals surface area contributed by atoms with Gasteiger partial charge in [-0.1, -0.05) is 12.5 Å². The minimum atomic E-state index is -0.283. The smallest absolute Gasteiger partial charge is 0.152 e. The zero-order valence-corrected chi connectivity index (χ0v) is 11.0. The Kier molecular flexibility index (Phi) is 3.51. The lowest BCUT2D eigenvalue weighted by Gasteiger charge is -2.45. The molecular weight excluding hydrogens is 243 g/mol. The zero-order chi connectivity index (χ0) is 13.2. The van der Waals surface area contributed by atoms with Crippen LogP contribution < -0.4 is 4.90 Å². The summed E-state index contributed by atoms with van der Waals surface area (Å²) in [5.74, 6) is -0.283. The minimum absolute atomic E-state index is 0.283. The van der Waals surface area contributed by atoms with E-state index in [4.69, 9.17) is 0 Å². The van der Waals surface area contributed by atoms with Crippen LogP contribution in [0.1, 0.15) is 29.6 Å². The van der Waals surface area contributed by atoms with Crippen molar-refractivity contribution in [2.24, 2.45) is 0 Å². The molecule has 0 bridgehead atoms. The number of aldehydes is 1. The van der Waals surface area contributed by atoms with E-state index in [1.54, 1.807) is 12.1 Å². The zero-order valence-electron chi connectivity index (χ0n) is 11.0. The second kappa shape index (κ2) is 5.29. The largest absolute Gasteiger partial charge is 0.366 e. The molecule has 0 saturated carbocycles. The summed E-state index contributed by atoms with van der Waals surface area (Å²) >= 11 is 0. The van der Waals surface area contributed by atoms with E-state index < -0.39 is 0 Å². The van der Waals surface area contributed by atoms with Gasteiger partial charge in [0.15, 0.2) is 6.29 Å². The first-order valence-electron chi connectivity index (χ1n) is 7.02. The highest BCUT2D eigenvalue weighted by molar-refractivity contribution is 5.84. The van der Waals surface area contributed by atoms with Gasteiger partial charge in [-0.05, 0) is 31.5 Å². The van der Waals surface area contributed by atoms with Crippen molar-refractivity contribution in [3.63, 3.8) is 0 Å². The average molecular weight is 262 g/mol. The third-order valence-corrected chi connectivity index (χ3v) is 4.30. The lowest BCUT2D eigenvalue weighted by molar-refractivity contribution is 0.112. The molecular formula is C15H19FN2O. The van der Waals surface area contributed by atoms with Gasteiger partial charge >= 0.3 is 0 Å². The third kappa shape index (κ3) is 2.37. The van der Waals surface area contributed by atoms with Gasteiger partial charge in [0.2, 0.25) is 0 Å². The van der Waals surface area contributed by atoms with E-state index in [1.807, 2.05) is 4.90 Å². The highest BCUT2D eigenvalue weighted by atomic mass is 19.1. The normalized spacial score (nSPS) is 24.1. The molecule has 3 rings (SSSR count). The number of halogens is 1. The van der Waals surface area contributed by atoms with Crippen LogP contribution in [0.4, 0.5) is 10.1 Å². The molecule has 102 valence electrons. The van der Waals surface area contributed by atoms with Gasteiger partial charge in [-0.3, -0.25) is 9.69 Å². The van der Waals surface area contributed by atoms with E-state index in [1.165, 1.54) is 25.3 Å². The van der Waals surface area contributed by atoms with Gasteiger partial charge in [0.25, 0.3) is 0 Å². The molecule has 0 amide bonds. The monoisotopic (exact) mass is 262 g/mol. The molecule has 4 heteroatoms. The number of carbonyl (C=O) groups excluding carboxylic acids is 1. The number of piperazine rings is 1. The fraction of sp³-hybridized carbons (Fsp3) is 0.533. The van der Waals surface area contributed by atoms with E-state index >= 15 is 0 Å². The number of nitrogens with zero attached hydrogens (tertiary/aromatic N) is 2. The molecule has 1 aromatic carbocycles. The Bertz CT molecular complexity index is 477. The van der Waals surface area contributed by atoms with Gasteiger partial charge in [-0.15, -0.1) is 0 Å². The fourth-order valence-electron chi connectivity index (χ4n) is 3.32. The van der Waals surface area contributed by atoms with Gasteiger partial charge in [-0.25, -0.2) is 4.39 Å². The van der Waals surface area contributed by atoms with Crippen molar-refractivity contribution in [3.05, 3.63) is 29.6 Å². The molecule has 1 atom stereocenters. The van der Waals surface area contributed by atoms with Crippen molar-refractivity contribution in [2.75, 3.05) is 31.1 Å². The predicted molar refractivity (Wildman–Crippen MR) is 73.2 cm³/mol. The maximum atomic E-state index is 14.0. The fourth-order valence-corrected chi connectivity index (χ4v) is 3.32. The molecule has 0 radical (unpaired) electrons. The van der Waals surface area contributed by atoms with Crippen LogP contribution in [0.15, 0.2) is 18.2 Å². The summed E-state index contributed by atoms with van der Waals surface area (Å²) in [5.41, 5.74) is 0.951. The first-order valence-corrected chi connectivity index (χ1v) is 7.02. The molecule has 1 unspecified atom stereocenters. The Morgan fingerprint density at radius 2 is 2.11 bits per heavy atom. The minimum Gasteiger partial charge on any atom is -0.366 e. The molecule has 2 fully saturated rings. The number of rotatable bonds is 2. The van der Waals surface area contributed by atoms with Crippen LogP contribution in [0.25, 0.3) is 0 Å². The summed E-state index contributed by atoms with van der Waals surface area (Å²) < 4.78 is 14.0. The van der Waals surface area contributed by atoms with Gasteiger partial charge in [0.1, 0.15) is 5.82 Å². The molecule has 19 heavy (non-hydrogen) atoms. The number of carbonyl (C=O) groups is 1. The molecule has 0 spiro atoms. The second-order valence-electron chi connectivity index (χ2n) is 5.43. The highest BCUT2D eigenvalue weighted by Gasteiger charge is 2.30. The van der Waals surface area contributed by atoms with Gasteiger partial charge < -0.3 is 4.90 Å². The van der Waals surface area contributed by atoms with Crippen LogP contribution in [0.5, 0.6) is 0 Å². The lowest BCUT2D eigenvalue weighted by Crippen LogP contribution is -2.55. The van der Waals surface area contributed by atoms with Crippen LogP contribution in [0.3, 0.4) is 0 Å². The molecule has 2 saturated heterocycles. The van der Waals surface area contributed by atoms with Crippen LogP contribution >= 0.6 is 0 Å². The molecule has 2 aliphatic heterocycles. The standard InChI is InChI=1S/C15H19FN2O/c16-14-6-3-4-12(11-19)15(14)18-9-8-17-7-2-1-5-13(17)10-18/h3-4,6,11,13H,1-2,5,7-10H2. The lowest BCUT2D eigenvalue weighted by atomic mass is 9.98. The number of piperidine rings is 1. The van der Waals surface area contributed by atoms with Gasteiger partial charge in [0.05, 0.1) is 5.69 Å². The summed E-state index contributed by atoms with van der Waals surface area (Å²) in [6.45, 7) is 3.77. The molecule has 2 aliphatic rings. The molecule has 1 aromatic rings. The predicted octanol–water partition coefficient (Wildman–Crippen LogP) is 2.31. The van der Waals surface area contributed by atoms with Crippen LogP contribution in [0, 0.1) is 5.82 Å². The highest BCUT2D eigenvalue weighted by Crippen LogP contribution is 2.28. The Hall–Kier alpha value is -1.42. The van der Waals surface area contributed by atoms with E-state index in [0.717, 1.165) is 32.5 Å². The summed E-state index contributed by atoms with van der Waals surface area (Å²) in [4.78, 5) is 15.6. The van der Waals surface area contributed by atoms with E-state index in [9.17, 15) is 9.18 Å². The number of benzene rings is 1. The van der Waals surface area contributed by atoms with Crippen molar-refractivity contribution in [1.82, 2.24) is 4.90 Å². The maximum Gasteiger partial charge on any atom is 0.152 e. The first kappa shape index (κ1) is 12.6. The second-order valence-corrected chi connectivity index (χ2v) is 5.43. The summed E-state index contributed by atoms with van der Waals surface area (Å²) in [6.07, 6.45) is 4.47. The van der Waals surface area contributed by atoms with Crippen molar-refractivity contribution in [2.45, 2.75) is 25.3 Å². The SMILES string of the molecule is O=Cc1cccc(F)c1N1CCN2CCCCC2C1. The third-order valence-electron chi connectivity index (χ3n) is 4.30. The van der Waals surface area contributed by atoms with Crippen LogP contribution in [-0.4, -0.2) is 43.4 Å². The maximum absolute atomic E-state index is 14.0. The molecule has 0 aromatic heterocycles. The molecule has 3 nitrogen and oxygen atoms in total. The van der Waals surface area contributed by atoms with E-state index in [2.05, 4.69) is 4.90 Å². The number of fused-ring (bicyclic) bond motifs is 1. The summed E-state index contributed by atoms with van der Waals surface area (Å²) in [6, 6.07) is 5.25. The topological polar surface area (TPSA) is 23.6 Å². The number of hydrogen-bond donors (Lipinski definition) is 0. The van der Waals surface area contributed by atoms with Crippen LogP contribution in [0.2, 0.25) is 0 Å². The van der Waals surface area contributed by atoms with Gasteiger partial charge in [0, 0.05) is 31.2 Å². The molecule has 2 heterocycles. The first-order chi connectivity index (χ1) is 9.29. The molecule has 0 N–H and O–H groups in total. The molecule has 0 aliphatic carbocycles. The van der Waals surface area contributed by atoms with Crippen LogP contribution in [-0.2, 0) is 0 Å². The average Bonchev–Trinajstić information content (AvgIpc) is 2.46. The van der Waals surface area contributed by atoms with Gasteiger partial charge in [-0.2, -0.15) is 0 Å². The number of hydrogen-bond acceptors (Lipinski definition) is 3. The Balaban J connectivity index is 1.85. The van der Waals surface area contributed by atoms with Crippen molar-refractivity contribution < 1.29 is 9.18 Å².